The number of anilines is 1. The number of carbonyl (C=O) groups is 1. The highest BCUT2D eigenvalue weighted by molar-refractivity contribution is 7.15. The second-order valence-electron chi connectivity index (χ2n) is 5.36. The quantitative estimate of drug-likeness (QED) is 0.877. The van der Waals surface area contributed by atoms with Crippen molar-refractivity contribution in [1.82, 2.24) is 4.98 Å². The van der Waals surface area contributed by atoms with Gasteiger partial charge in [0.15, 0.2) is 5.13 Å². The smallest absolute Gasteiger partial charge is 0.246 e. The Labute approximate surface area is 128 Å². The molecule has 0 radical (unpaired) electrons. The second kappa shape index (κ2) is 6.39. The predicted octanol–water partition coefficient (Wildman–Crippen LogP) is 2.24. The molecule has 1 amide bonds. The molecule has 7 heteroatoms. The van der Waals surface area contributed by atoms with Gasteiger partial charge in [0.05, 0.1) is 29.3 Å². The lowest BCUT2D eigenvalue weighted by molar-refractivity contribution is -0.122. The van der Waals surface area contributed by atoms with Gasteiger partial charge < -0.3 is 15.8 Å². The van der Waals surface area contributed by atoms with E-state index in [9.17, 15) is 4.79 Å². The Kier molecular flexibility index (Phi) is 5.01. The van der Waals surface area contributed by atoms with Crippen LogP contribution in [-0.4, -0.2) is 23.0 Å². The number of hydrogen-bond acceptors (Lipinski definition) is 5. The number of fused-ring (bicyclic) bond motifs is 1. The van der Waals surface area contributed by atoms with E-state index in [1.807, 2.05) is 0 Å². The summed E-state index contributed by atoms with van der Waals surface area (Å²) in [5.74, 6) is -0.0841. The average Bonchev–Trinajstić information content (AvgIpc) is 2.81. The summed E-state index contributed by atoms with van der Waals surface area (Å²) in [6.07, 6.45) is 5.61. The van der Waals surface area contributed by atoms with Gasteiger partial charge in [-0.2, -0.15) is 0 Å². The molecule has 0 spiro atoms. The van der Waals surface area contributed by atoms with Gasteiger partial charge in [0.25, 0.3) is 0 Å². The van der Waals surface area contributed by atoms with Crippen LogP contribution in [-0.2, 0) is 22.6 Å². The maximum Gasteiger partial charge on any atom is 0.246 e. The molecule has 1 aromatic heterocycles. The number of hydrogen-bond donors (Lipinski definition) is 2. The standard InChI is InChI=1S/C13H19N3O2S.ClH/c14-13(5-2-1-3-6-13)11(17)16-12-15-9-4-7-18-8-10(9)19-12;/h1-8,14H2,(H,15,16,17);1H. The maximum atomic E-state index is 12.3. The molecule has 3 rings (SSSR count). The third-order valence-electron chi connectivity index (χ3n) is 3.91. The van der Waals surface area contributed by atoms with Crippen LogP contribution in [0.4, 0.5) is 5.13 Å². The molecule has 1 fully saturated rings. The van der Waals surface area contributed by atoms with Crippen LogP contribution in [0.15, 0.2) is 0 Å². The Balaban J connectivity index is 0.00000147. The fourth-order valence-corrected chi connectivity index (χ4v) is 3.65. The van der Waals surface area contributed by atoms with E-state index in [0.29, 0.717) is 18.3 Å². The van der Waals surface area contributed by atoms with Gasteiger partial charge in [0.1, 0.15) is 0 Å². The zero-order valence-corrected chi connectivity index (χ0v) is 12.9. The lowest BCUT2D eigenvalue weighted by Crippen LogP contribution is -2.52. The zero-order chi connectivity index (χ0) is 13.3. The van der Waals surface area contributed by atoms with Crippen molar-refractivity contribution >= 4 is 34.8 Å². The molecule has 1 aromatic rings. The molecule has 2 aliphatic rings. The molecule has 2 heterocycles. The van der Waals surface area contributed by atoms with Gasteiger partial charge in [0, 0.05) is 6.42 Å². The lowest BCUT2D eigenvalue weighted by atomic mass is 9.82. The lowest BCUT2D eigenvalue weighted by Gasteiger charge is -2.31. The molecule has 1 aliphatic heterocycles. The molecule has 112 valence electrons. The molecule has 0 bridgehead atoms. The number of aromatic nitrogens is 1. The van der Waals surface area contributed by atoms with E-state index in [2.05, 4.69) is 10.3 Å². The Morgan fingerprint density at radius 3 is 2.80 bits per heavy atom. The van der Waals surface area contributed by atoms with E-state index in [4.69, 9.17) is 10.5 Å². The van der Waals surface area contributed by atoms with Gasteiger partial charge in [-0.05, 0) is 12.8 Å². The molecule has 5 nitrogen and oxygen atoms in total. The van der Waals surface area contributed by atoms with Crippen LogP contribution < -0.4 is 11.1 Å². The predicted molar refractivity (Wildman–Crippen MR) is 81.4 cm³/mol. The number of ether oxygens (including phenoxy) is 1. The number of amides is 1. The summed E-state index contributed by atoms with van der Waals surface area (Å²) in [5, 5.41) is 3.56. The largest absolute Gasteiger partial charge is 0.375 e. The van der Waals surface area contributed by atoms with Crippen molar-refractivity contribution in [2.45, 2.75) is 50.7 Å². The molecule has 3 N–H and O–H groups in total. The number of thiazole rings is 1. The number of rotatable bonds is 2. The van der Waals surface area contributed by atoms with Gasteiger partial charge >= 0.3 is 0 Å². The van der Waals surface area contributed by atoms with Gasteiger partial charge in [-0.15, -0.1) is 12.4 Å². The molecule has 1 saturated carbocycles. The van der Waals surface area contributed by atoms with Crippen LogP contribution in [0.3, 0.4) is 0 Å². The highest BCUT2D eigenvalue weighted by Crippen LogP contribution is 2.30. The molecule has 0 saturated heterocycles. The van der Waals surface area contributed by atoms with Crippen LogP contribution in [0.25, 0.3) is 0 Å². The van der Waals surface area contributed by atoms with E-state index in [0.717, 1.165) is 42.7 Å². The van der Waals surface area contributed by atoms with Gasteiger partial charge in [0.2, 0.25) is 5.91 Å². The zero-order valence-electron chi connectivity index (χ0n) is 11.3. The minimum atomic E-state index is -0.707. The van der Waals surface area contributed by atoms with Crippen LogP contribution >= 0.6 is 23.7 Å². The first kappa shape index (κ1) is 15.7. The fourth-order valence-electron chi connectivity index (χ4n) is 2.71. The van der Waals surface area contributed by atoms with Gasteiger partial charge in [-0.1, -0.05) is 30.6 Å². The Morgan fingerprint density at radius 2 is 2.10 bits per heavy atom. The first-order chi connectivity index (χ1) is 9.17. The Bertz CT molecular complexity index is 462. The summed E-state index contributed by atoms with van der Waals surface area (Å²) < 4.78 is 5.38. The monoisotopic (exact) mass is 317 g/mol. The summed E-state index contributed by atoms with van der Waals surface area (Å²) in [5.41, 5.74) is 6.56. The Hall–Kier alpha value is -0.690. The molecular formula is C13H20ClN3O2S. The number of nitrogens with one attached hydrogen (secondary N) is 1. The van der Waals surface area contributed by atoms with Crippen molar-refractivity contribution in [2.75, 3.05) is 11.9 Å². The van der Waals surface area contributed by atoms with Gasteiger partial charge in [-0.3, -0.25) is 4.79 Å². The first-order valence-corrected chi connectivity index (χ1v) is 7.66. The van der Waals surface area contributed by atoms with Crippen LogP contribution in [0.5, 0.6) is 0 Å². The highest BCUT2D eigenvalue weighted by atomic mass is 35.5. The number of carbonyl (C=O) groups excluding carboxylic acids is 1. The number of halogens is 1. The van der Waals surface area contributed by atoms with E-state index in [-0.39, 0.29) is 18.3 Å². The minimum Gasteiger partial charge on any atom is -0.375 e. The Morgan fingerprint density at radius 1 is 1.35 bits per heavy atom. The third kappa shape index (κ3) is 3.14. The summed E-state index contributed by atoms with van der Waals surface area (Å²) in [7, 11) is 0. The van der Waals surface area contributed by atoms with Gasteiger partial charge in [-0.25, -0.2) is 4.98 Å². The molecule has 20 heavy (non-hydrogen) atoms. The van der Waals surface area contributed by atoms with Crippen molar-refractivity contribution in [1.29, 1.82) is 0 Å². The van der Waals surface area contributed by atoms with Crippen molar-refractivity contribution < 1.29 is 9.53 Å². The summed E-state index contributed by atoms with van der Waals surface area (Å²) >= 11 is 1.50. The normalized spacial score (nSPS) is 20.6. The third-order valence-corrected chi connectivity index (χ3v) is 4.90. The van der Waals surface area contributed by atoms with Crippen LogP contribution in [0.2, 0.25) is 0 Å². The maximum absolute atomic E-state index is 12.3. The van der Waals surface area contributed by atoms with Crippen LogP contribution in [0.1, 0.15) is 42.7 Å². The summed E-state index contributed by atoms with van der Waals surface area (Å²) in [4.78, 5) is 17.9. The van der Waals surface area contributed by atoms with E-state index in [1.54, 1.807) is 0 Å². The SMILES string of the molecule is Cl.NC1(C(=O)Nc2nc3c(s2)COCC3)CCCCC1. The van der Waals surface area contributed by atoms with Crippen molar-refractivity contribution in [3.8, 4) is 0 Å². The van der Waals surface area contributed by atoms with Crippen molar-refractivity contribution in [3.05, 3.63) is 10.6 Å². The summed E-state index contributed by atoms with van der Waals surface area (Å²) in [6.45, 7) is 1.32. The summed E-state index contributed by atoms with van der Waals surface area (Å²) in [6, 6.07) is 0. The second-order valence-corrected chi connectivity index (χ2v) is 6.45. The number of nitrogens with zero attached hydrogens (tertiary/aromatic N) is 1. The molecule has 0 atom stereocenters. The highest BCUT2D eigenvalue weighted by Gasteiger charge is 2.35. The molecule has 0 unspecified atom stereocenters. The van der Waals surface area contributed by atoms with Crippen LogP contribution in [0, 0.1) is 0 Å². The number of nitrogens with two attached hydrogens (primary N) is 1. The average molecular weight is 318 g/mol. The molecule has 0 aromatic carbocycles. The van der Waals surface area contributed by atoms with Crippen molar-refractivity contribution in [3.63, 3.8) is 0 Å². The molecule has 1 aliphatic carbocycles. The minimum absolute atomic E-state index is 0. The van der Waals surface area contributed by atoms with Crippen molar-refractivity contribution in [2.24, 2.45) is 5.73 Å². The fraction of sp³-hybridized carbons (Fsp3) is 0.692. The molecular weight excluding hydrogens is 298 g/mol. The van der Waals surface area contributed by atoms with E-state index < -0.39 is 5.54 Å². The topological polar surface area (TPSA) is 77.2 Å². The van der Waals surface area contributed by atoms with E-state index >= 15 is 0 Å². The first-order valence-electron chi connectivity index (χ1n) is 6.84. The van der Waals surface area contributed by atoms with E-state index in [1.165, 1.54) is 17.8 Å².